The van der Waals surface area contributed by atoms with Gasteiger partial charge in [-0.15, -0.1) is 0 Å². The monoisotopic (exact) mass is 471 g/mol. The molecule has 0 saturated heterocycles. The van der Waals surface area contributed by atoms with Crippen LogP contribution in [0.15, 0.2) is 54.7 Å². The van der Waals surface area contributed by atoms with Crippen molar-refractivity contribution >= 4 is 22.5 Å². The van der Waals surface area contributed by atoms with Crippen LogP contribution in [0.3, 0.4) is 0 Å². The molecule has 176 valence electrons. The molecule has 1 aromatic carbocycles. The third-order valence-corrected chi connectivity index (χ3v) is 4.75. The number of fused-ring (bicyclic) bond motifs is 1. The molecule has 0 saturated carbocycles. The number of benzene rings is 1. The van der Waals surface area contributed by atoms with Crippen LogP contribution in [0.4, 0.5) is 29.1 Å². The van der Waals surface area contributed by atoms with E-state index in [2.05, 4.69) is 25.3 Å². The Morgan fingerprint density at radius 1 is 0.971 bits per heavy atom. The molecule has 3 aromatic heterocycles. The molecule has 0 bridgehead atoms. The minimum atomic E-state index is -4.59. The number of nitrogens with one attached hydrogen (secondary N) is 1. The van der Waals surface area contributed by atoms with Gasteiger partial charge in [-0.25, -0.2) is 19.3 Å². The molecule has 0 unspecified atom stereocenters. The van der Waals surface area contributed by atoms with Crippen LogP contribution in [-0.4, -0.2) is 26.5 Å². The highest BCUT2D eigenvalue weighted by Gasteiger charge is 2.34. The number of anilines is 2. The molecule has 0 radical (unpaired) electrons. The highest BCUT2D eigenvalue weighted by molar-refractivity contribution is 5.90. The smallest absolute Gasteiger partial charge is 0.373 e. The summed E-state index contributed by atoms with van der Waals surface area (Å²) in [6.07, 6.45) is -3.31. The zero-order valence-electron chi connectivity index (χ0n) is 18.4. The normalized spacial score (nSPS) is 11.9. The summed E-state index contributed by atoms with van der Waals surface area (Å²) in [5, 5.41) is 3.58. The van der Waals surface area contributed by atoms with E-state index in [4.69, 9.17) is 4.74 Å². The molecule has 0 spiro atoms. The molecule has 0 aliphatic rings. The molecular formula is C24H21F4N5O. The second-order valence-electron chi connectivity index (χ2n) is 7.99. The standard InChI is InChI=1S/C24H21F4N5O/c1-14(2)12-34-13-20-32-22(30-16-7-5-15(25)6-8-16)17-9-10-19(31-23(17)33-20)21-18(24(26,27)28)4-3-11-29-21/h3-11,14H,12-13H2,1-2H3,(H,30,31,32,33). The van der Waals surface area contributed by atoms with Crippen LogP contribution in [0.2, 0.25) is 0 Å². The number of ether oxygens (including phenoxy) is 1. The molecular weight excluding hydrogens is 450 g/mol. The maximum atomic E-state index is 13.5. The van der Waals surface area contributed by atoms with Gasteiger partial charge in [-0.05, 0) is 54.4 Å². The van der Waals surface area contributed by atoms with E-state index in [0.29, 0.717) is 35.2 Å². The Bertz CT molecular complexity index is 1290. The second kappa shape index (κ2) is 9.68. The molecule has 0 aliphatic carbocycles. The Balaban J connectivity index is 1.79. The largest absolute Gasteiger partial charge is 0.418 e. The summed E-state index contributed by atoms with van der Waals surface area (Å²) < 4.78 is 59.5. The van der Waals surface area contributed by atoms with Crippen molar-refractivity contribution in [3.8, 4) is 11.4 Å². The predicted octanol–water partition coefficient (Wildman–Crippen LogP) is 6.16. The summed E-state index contributed by atoms with van der Waals surface area (Å²) in [6, 6.07) is 10.9. The molecule has 0 fully saturated rings. The van der Waals surface area contributed by atoms with Crippen molar-refractivity contribution in [1.29, 1.82) is 0 Å². The second-order valence-corrected chi connectivity index (χ2v) is 7.99. The molecule has 0 aliphatic heterocycles. The number of pyridine rings is 2. The van der Waals surface area contributed by atoms with Gasteiger partial charge in [0.25, 0.3) is 0 Å². The fourth-order valence-electron chi connectivity index (χ4n) is 3.24. The third kappa shape index (κ3) is 5.45. The Hall–Kier alpha value is -3.66. The number of hydrogen-bond donors (Lipinski definition) is 1. The first kappa shape index (κ1) is 23.5. The van der Waals surface area contributed by atoms with Gasteiger partial charge in [0.05, 0.1) is 16.6 Å². The molecule has 3 heterocycles. The van der Waals surface area contributed by atoms with E-state index in [1.807, 2.05) is 13.8 Å². The summed E-state index contributed by atoms with van der Waals surface area (Å²) in [5.74, 6) is 0.588. The number of alkyl halides is 3. The first-order valence-electron chi connectivity index (χ1n) is 10.5. The van der Waals surface area contributed by atoms with E-state index >= 15 is 0 Å². The molecule has 0 amide bonds. The van der Waals surface area contributed by atoms with E-state index < -0.39 is 11.7 Å². The van der Waals surface area contributed by atoms with Gasteiger partial charge in [0.15, 0.2) is 11.5 Å². The minimum absolute atomic E-state index is 0.0286. The first-order valence-corrected chi connectivity index (χ1v) is 10.5. The topological polar surface area (TPSA) is 72.8 Å². The Morgan fingerprint density at radius 3 is 2.44 bits per heavy atom. The first-order chi connectivity index (χ1) is 16.2. The van der Waals surface area contributed by atoms with Crippen molar-refractivity contribution in [2.45, 2.75) is 26.6 Å². The molecule has 4 aromatic rings. The van der Waals surface area contributed by atoms with Crippen molar-refractivity contribution in [1.82, 2.24) is 19.9 Å². The summed E-state index contributed by atoms with van der Waals surface area (Å²) in [6.45, 7) is 4.58. The highest BCUT2D eigenvalue weighted by Crippen LogP contribution is 2.36. The van der Waals surface area contributed by atoms with E-state index in [1.54, 1.807) is 18.2 Å². The van der Waals surface area contributed by atoms with Crippen molar-refractivity contribution in [3.63, 3.8) is 0 Å². The van der Waals surface area contributed by atoms with Gasteiger partial charge in [-0.2, -0.15) is 13.2 Å². The number of aromatic nitrogens is 4. The van der Waals surface area contributed by atoms with Crippen LogP contribution in [0.5, 0.6) is 0 Å². The maximum absolute atomic E-state index is 13.5. The third-order valence-electron chi connectivity index (χ3n) is 4.75. The molecule has 6 nitrogen and oxygen atoms in total. The predicted molar refractivity (Wildman–Crippen MR) is 120 cm³/mol. The summed E-state index contributed by atoms with van der Waals surface area (Å²) in [4.78, 5) is 17.2. The number of nitrogens with zero attached hydrogens (tertiary/aromatic N) is 4. The van der Waals surface area contributed by atoms with Crippen molar-refractivity contribution < 1.29 is 22.3 Å². The molecule has 34 heavy (non-hydrogen) atoms. The average Bonchev–Trinajstić information content (AvgIpc) is 2.79. The van der Waals surface area contributed by atoms with Crippen LogP contribution in [-0.2, 0) is 17.5 Å². The van der Waals surface area contributed by atoms with Gasteiger partial charge in [0.1, 0.15) is 23.9 Å². The lowest BCUT2D eigenvalue weighted by Gasteiger charge is -2.14. The van der Waals surface area contributed by atoms with Crippen molar-refractivity contribution in [2.24, 2.45) is 5.92 Å². The zero-order valence-corrected chi connectivity index (χ0v) is 18.4. The van der Waals surface area contributed by atoms with Gasteiger partial charge in [0, 0.05) is 18.5 Å². The Kier molecular flexibility index (Phi) is 6.69. The SMILES string of the molecule is CC(C)COCc1nc(Nc2ccc(F)cc2)c2ccc(-c3ncccc3C(F)(F)F)nc2n1. The lowest BCUT2D eigenvalue weighted by molar-refractivity contribution is -0.137. The summed E-state index contributed by atoms with van der Waals surface area (Å²) in [7, 11) is 0. The lowest BCUT2D eigenvalue weighted by atomic mass is 10.1. The molecule has 1 N–H and O–H groups in total. The van der Waals surface area contributed by atoms with Crippen LogP contribution in [0.1, 0.15) is 25.2 Å². The van der Waals surface area contributed by atoms with E-state index in [0.717, 1.165) is 6.07 Å². The molecule has 10 heteroatoms. The number of rotatable bonds is 7. The number of hydrogen-bond acceptors (Lipinski definition) is 6. The van der Waals surface area contributed by atoms with Gasteiger partial charge < -0.3 is 10.1 Å². The summed E-state index contributed by atoms with van der Waals surface area (Å²) >= 11 is 0. The number of halogens is 4. The van der Waals surface area contributed by atoms with E-state index in [-0.39, 0.29) is 29.5 Å². The summed E-state index contributed by atoms with van der Waals surface area (Å²) in [5.41, 5.74) is -0.397. The van der Waals surface area contributed by atoms with Crippen LogP contribution >= 0.6 is 0 Å². The van der Waals surface area contributed by atoms with Gasteiger partial charge in [-0.3, -0.25) is 4.98 Å². The fraction of sp³-hybridized carbons (Fsp3) is 0.250. The van der Waals surface area contributed by atoms with Crippen LogP contribution in [0, 0.1) is 11.7 Å². The lowest BCUT2D eigenvalue weighted by Crippen LogP contribution is -2.10. The Labute approximate surface area is 193 Å². The van der Waals surface area contributed by atoms with Crippen molar-refractivity contribution in [2.75, 3.05) is 11.9 Å². The van der Waals surface area contributed by atoms with Crippen LogP contribution in [0.25, 0.3) is 22.4 Å². The van der Waals surface area contributed by atoms with Gasteiger partial charge >= 0.3 is 6.18 Å². The fourth-order valence-corrected chi connectivity index (χ4v) is 3.24. The average molecular weight is 471 g/mol. The van der Waals surface area contributed by atoms with Gasteiger partial charge in [-0.1, -0.05) is 13.8 Å². The minimum Gasteiger partial charge on any atom is -0.373 e. The zero-order chi connectivity index (χ0) is 24.3. The highest BCUT2D eigenvalue weighted by atomic mass is 19.4. The van der Waals surface area contributed by atoms with E-state index in [9.17, 15) is 17.6 Å². The van der Waals surface area contributed by atoms with Crippen LogP contribution < -0.4 is 5.32 Å². The Morgan fingerprint density at radius 2 is 1.74 bits per heavy atom. The quantitative estimate of drug-likeness (QED) is 0.326. The molecule has 0 atom stereocenters. The molecule has 4 rings (SSSR count). The van der Waals surface area contributed by atoms with E-state index in [1.165, 1.54) is 30.5 Å². The van der Waals surface area contributed by atoms with Crippen molar-refractivity contribution in [3.05, 3.63) is 71.9 Å². The van der Waals surface area contributed by atoms with Gasteiger partial charge in [0.2, 0.25) is 0 Å². The maximum Gasteiger partial charge on any atom is 0.418 e.